The lowest BCUT2D eigenvalue weighted by atomic mass is 10.0. The van der Waals surface area contributed by atoms with Crippen LogP contribution in [0.15, 0.2) is 64.5 Å². The first-order valence-electron chi connectivity index (χ1n) is 15.1. The number of ether oxygens (including phenoxy) is 2. The summed E-state index contributed by atoms with van der Waals surface area (Å²) in [6.07, 6.45) is 4.89. The van der Waals surface area contributed by atoms with Crippen LogP contribution in [-0.4, -0.2) is 61.9 Å². The zero-order valence-corrected chi connectivity index (χ0v) is 24.0. The normalized spacial score (nSPS) is 16.9. The molecule has 9 heteroatoms. The highest BCUT2D eigenvalue weighted by atomic mass is 19.1. The van der Waals surface area contributed by atoms with Gasteiger partial charge in [-0.25, -0.2) is 4.39 Å². The summed E-state index contributed by atoms with van der Waals surface area (Å²) in [5.74, 6) is 0.512. The van der Waals surface area contributed by atoms with Gasteiger partial charge in [-0.2, -0.15) is 0 Å². The van der Waals surface area contributed by atoms with E-state index in [1.54, 1.807) is 0 Å². The lowest BCUT2D eigenvalue weighted by molar-refractivity contribution is 0.0388. The molecule has 0 amide bonds. The number of nitrogens with zero attached hydrogens (tertiary/aromatic N) is 3. The van der Waals surface area contributed by atoms with Gasteiger partial charge >= 0.3 is 0 Å². The van der Waals surface area contributed by atoms with Gasteiger partial charge in [0.15, 0.2) is 22.7 Å². The summed E-state index contributed by atoms with van der Waals surface area (Å²) in [5, 5.41) is 5.50. The second kappa shape index (κ2) is 10.4. The van der Waals surface area contributed by atoms with Gasteiger partial charge in [0.25, 0.3) is 0 Å². The molecule has 0 atom stereocenters. The lowest BCUT2D eigenvalue weighted by Crippen LogP contribution is -2.40. The molecule has 0 bridgehead atoms. The highest BCUT2D eigenvalue weighted by Gasteiger charge is 2.31. The van der Waals surface area contributed by atoms with Crippen molar-refractivity contribution in [3.63, 3.8) is 0 Å². The van der Waals surface area contributed by atoms with E-state index >= 15 is 4.39 Å². The predicted molar refractivity (Wildman–Crippen MR) is 167 cm³/mol. The molecule has 5 aromatic rings. The third-order valence-electron chi connectivity index (χ3n) is 8.97. The van der Waals surface area contributed by atoms with Crippen molar-refractivity contribution in [3.05, 3.63) is 76.8 Å². The Morgan fingerprint density at radius 1 is 0.953 bits per heavy atom. The Balaban J connectivity index is 1.29. The Kier molecular flexibility index (Phi) is 6.38. The lowest BCUT2D eigenvalue weighted by Gasteiger charge is -2.33. The van der Waals surface area contributed by atoms with Crippen LogP contribution in [0, 0.1) is 5.82 Å². The number of fused-ring (bicyclic) bond motifs is 5. The summed E-state index contributed by atoms with van der Waals surface area (Å²) in [6.45, 7) is 10.3. The molecule has 2 fully saturated rings. The van der Waals surface area contributed by atoms with Gasteiger partial charge < -0.3 is 28.7 Å². The summed E-state index contributed by atoms with van der Waals surface area (Å²) in [6, 6.07) is 13.2. The Morgan fingerprint density at radius 2 is 1.77 bits per heavy atom. The van der Waals surface area contributed by atoms with Crippen LogP contribution in [0.25, 0.3) is 44.2 Å². The highest BCUT2D eigenvalue weighted by molar-refractivity contribution is 6.07. The first-order valence-corrected chi connectivity index (χ1v) is 15.1. The van der Waals surface area contributed by atoms with Crippen molar-refractivity contribution in [1.82, 2.24) is 14.8 Å². The number of furan rings is 1. The molecule has 8 rings (SSSR count). The van der Waals surface area contributed by atoms with E-state index in [0.29, 0.717) is 46.1 Å². The summed E-state index contributed by atoms with van der Waals surface area (Å²) < 4.78 is 36.3. The Bertz CT molecular complexity index is 1970. The minimum absolute atomic E-state index is 0.261. The number of halogens is 1. The Morgan fingerprint density at radius 3 is 2.60 bits per heavy atom. The molecule has 1 N–H and O–H groups in total. The van der Waals surface area contributed by atoms with E-state index in [2.05, 4.69) is 21.7 Å². The molecule has 8 nitrogen and oxygen atoms in total. The predicted octanol–water partition coefficient (Wildman–Crippen LogP) is 6.02. The maximum absolute atomic E-state index is 16.1. The molecule has 0 radical (unpaired) electrons. The van der Waals surface area contributed by atoms with Crippen molar-refractivity contribution in [1.29, 1.82) is 0 Å². The van der Waals surface area contributed by atoms with E-state index in [1.165, 1.54) is 6.07 Å². The first-order chi connectivity index (χ1) is 21.1. The molecular formula is C34H33FN4O4. The van der Waals surface area contributed by atoms with Gasteiger partial charge in [-0.1, -0.05) is 24.8 Å². The first kappa shape index (κ1) is 26.3. The zero-order valence-electron chi connectivity index (χ0n) is 24.0. The van der Waals surface area contributed by atoms with Crippen molar-refractivity contribution >= 4 is 44.2 Å². The standard InChI is InChI=1S/C34H33FN4O4/c1-21(36-9-12-37-13-15-41-16-14-37)25-20-39-27-19-29-23(22-7-3-4-8-28(22)42-29)18-30(27)43-34-31(39)24(33(25)40)17-26(35)32(34)38-10-5-2-6-11-38/h3-4,7-8,17-20,36H,1-2,5-6,9-16H2. The van der Waals surface area contributed by atoms with Crippen LogP contribution >= 0.6 is 0 Å². The van der Waals surface area contributed by atoms with Gasteiger partial charge in [0.2, 0.25) is 0 Å². The van der Waals surface area contributed by atoms with Crippen LogP contribution < -0.4 is 20.4 Å². The molecule has 2 saturated heterocycles. The summed E-state index contributed by atoms with van der Waals surface area (Å²) in [5.41, 5.74) is 3.80. The van der Waals surface area contributed by atoms with Gasteiger partial charge in [0.1, 0.15) is 22.4 Å². The van der Waals surface area contributed by atoms with Crippen LogP contribution in [0.5, 0.6) is 11.5 Å². The molecule has 5 heterocycles. The van der Waals surface area contributed by atoms with Gasteiger partial charge in [0.05, 0.1) is 29.9 Å². The molecule has 0 saturated carbocycles. The van der Waals surface area contributed by atoms with Crippen LogP contribution in [-0.2, 0) is 4.74 Å². The number of para-hydroxylation sites is 1. The SMILES string of the molecule is C=C(NCCN1CCOCC1)c1cn2c3c(c(N4CCCCC4)c(F)cc3c1=O)Oc1cc3c(cc1-2)oc1ccccc13. The molecule has 0 aliphatic carbocycles. The fourth-order valence-electron chi connectivity index (χ4n) is 6.74. The molecule has 43 heavy (non-hydrogen) atoms. The van der Waals surface area contributed by atoms with Crippen molar-refractivity contribution in [2.24, 2.45) is 0 Å². The monoisotopic (exact) mass is 580 g/mol. The second-order valence-corrected chi connectivity index (χ2v) is 11.6. The molecule has 220 valence electrons. The van der Waals surface area contributed by atoms with Crippen molar-refractivity contribution in [2.75, 3.05) is 57.4 Å². The summed E-state index contributed by atoms with van der Waals surface area (Å²) in [7, 11) is 0. The maximum atomic E-state index is 16.1. The fraction of sp³-hybridized carbons (Fsp3) is 0.324. The average Bonchev–Trinajstić information content (AvgIpc) is 3.39. The minimum atomic E-state index is -0.450. The summed E-state index contributed by atoms with van der Waals surface area (Å²) >= 11 is 0. The molecule has 0 unspecified atom stereocenters. The third-order valence-corrected chi connectivity index (χ3v) is 8.97. The molecular weight excluding hydrogens is 547 g/mol. The number of nitrogens with one attached hydrogen (secondary N) is 1. The maximum Gasteiger partial charge on any atom is 0.198 e. The van der Waals surface area contributed by atoms with Crippen LogP contribution in [0.2, 0.25) is 0 Å². The number of pyridine rings is 1. The smallest absolute Gasteiger partial charge is 0.198 e. The highest BCUT2D eigenvalue weighted by Crippen LogP contribution is 2.48. The van der Waals surface area contributed by atoms with E-state index in [1.807, 2.05) is 47.2 Å². The number of benzene rings is 3. The van der Waals surface area contributed by atoms with Gasteiger partial charge in [0, 0.05) is 68.0 Å². The van der Waals surface area contributed by atoms with E-state index in [-0.39, 0.29) is 10.8 Å². The summed E-state index contributed by atoms with van der Waals surface area (Å²) in [4.78, 5) is 18.3. The number of aromatic nitrogens is 1. The third kappa shape index (κ3) is 4.37. The van der Waals surface area contributed by atoms with Gasteiger partial charge in [-0.05, 0) is 37.5 Å². The number of hydrogen-bond donors (Lipinski definition) is 1. The molecule has 2 aromatic heterocycles. The zero-order chi connectivity index (χ0) is 29.1. The van der Waals surface area contributed by atoms with E-state index in [4.69, 9.17) is 13.9 Å². The molecule has 0 spiro atoms. The topological polar surface area (TPSA) is 72.1 Å². The van der Waals surface area contributed by atoms with E-state index < -0.39 is 5.82 Å². The number of anilines is 1. The van der Waals surface area contributed by atoms with Crippen molar-refractivity contribution in [3.8, 4) is 17.2 Å². The minimum Gasteiger partial charge on any atom is -0.456 e. The number of morpholine rings is 1. The van der Waals surface area contributed by atoms with Crippen molar-refractivity contribution < 1.29 is 18.3 Å². The van der Waals surface area contributed by atoms with Gasteiger partial charge in [-0.3, -0.25) is 9.69 Å². The number of hydrogen-bond acceptors (Lipinski definition) is 7. The molecule has 3 aliphatic rings. The van der Waals surface area contributed by atoms with Crippen molar-refractivity contribution in [2.45, 2.75) is 19.3 Å². The second-order valence-electron chi connectivity index (χ2n) is 11.6. The van der Waals surface area contributed by atoms with Crippen LogP contribution in [0.1, 0.15) is 24.8 Å². The van der Waals surface area contributed by atoms with E-state index in [0.717, 1.165) is 87.2 Å². The number of rotatable bonds is 6. The van der Waals surface area contributed by atoms with Crippen LogP contribution in [0.4, 0.5) is 10.1 Å². The Hall–Kier alpha value is -4.34. The van der Waals surface area contributed by atoms with E-state index in [9.17, 15) is 4.79 Å². The van der Waals surface area contributed by atoms with Gasteiger partial charge in [-0.15, -0.1) is 0 Å². The number of piperidine rings is 1. The Labute approximate surface area is 247 Å². The fourth-order valence-corrected chi connectivity index (χ4v) is 6.74. The molecule has 3 aliphatic heterocycles. The van der Waals surface area contributed by atoms with Crippen LogP contribution in [0.3, 0.4) is 0 Å². The molecule has 3 aromatic carbocycles. The average molecular weight is 581 g/mol. The quantitative estimate of drug-likeness (QED) is 0.258. The largest absolute Gasteiger partial charge is 0.456 e.